The Morgan fingerprint density at radius 1 is 1.14 bits per heavy atom. The predicted octanol–water partition coefficient (Wildman–Crippen LogP) is 3.17. The molecule has 2 saturated heterocycles. The molecule has 1 N–H and O–H groups in total. The average molecular weight is 300 g/mol. The molecule has 0 saturated carbocycles. The van der Waals surface area contributed by atoms with E-state index in [1.165, 1.54) is 12.0 Å². The summed E-state index contributed by atoms with van der Waals surface area (Å²) in [5.41, 5.74) is 1.44. The van der Waals surface area contributed by atoms with Crippen molar-refractivity contribution in [2.45, 2.75) is 51.0 Å². The lowest BCUT2D eigenvalue weighted by Crippen LogP contribution is -2.44. The van der Waals surface area contributed by atoms with Gasteiger partial charge in [0, 0.05) is 25.0 Å². The molecule has 2 aliphatic heterocycles. The van der Waals surface area contributed by atoms with Gasteiger partial charge in [-0.1, -0.05) is 30.3 Å². The maximum absolute atomic E-state index is 12.8. The summed E-state index contributed by atoms with van der Waals surface area (Å²) >= 11 is 0. The van der Waals surface area contributed by atoms with Crippen molar-refractivity contribution < 1.29 is 4.79 Å². The molecule has 2 heterocycles. The third kappa shape index (κ3) is 3.70. The summed E-state index contributed by atoms with van der Waals surface area (Å²) in [6, 6.07) is 11.3. The van der Waals surface area contributed by atoms with E-state index in [9.17, 15) is 4.79 Å². The Balaban J connectivity index is 1.59. The SMILES string of the molecule is C[C@H]1C[C@@H](C(=O)N2CCCC(c3ccccc3)CC2)CCN1. The first-order valence-corrected chi connectivity index (χ1v) is 8.81. The van der Waals surface area contributed by atoms with E-state index in [1.54, 1.807) is 0 Å². The van der Waals surface area contributed by atoms with Crippen LogP contribution in [0.5, 0.6) is 0 Å². The quantitative estimate of drug-likeness (QED) is 0.910. The van der Waals surface area contributed by atoms with Gasteiger partial charge in [0.25, 0.3) is 0 Å². The summed E-state index contributed by atoms with van der Waals surface area (Å²) < 4.78 is 0. The molecule has 3 atom stereocenters. The van der Waals surface area contributed by atoms with Crippen LogP contribution < -0.4 is 5.32 Å². The van der Waals surface area contributed by atoms with Crippen LogP contribution >= 0.6 is 0 Å². The molecule has 3 nitrogen and oxygen atoms in total. The Morgan fingerprint density at radius 2 is 1.95 bits per heavy atom. The number of benzene rings is 1. The number of rotatable bonds is 2. The van der Waals surface area contributed by atoms with Crippen molar-refractivity contribution in [2.24, 2.45) is 5.92 Å². The lowest BCUT2D eigenvalue weighted by atomic mass is 9.91. The standard InChI is InChI=1S/C19H28N2O/c1-15-14-18(9-11-20-15)19(22)21-12-5-8-17(10-13-21)16-6-3-2-4-7-16/h2-4,6-7,15,17-18,20H,5,8-14H2,1H3/t15-,17?,18-/m0/s1. The van der Waals surface area contributed by atoms with Crippen LogP contribution in [0.3, 0.4) is 0 Å². The molecule has 1 aromatic rings. The Labute approximate surface area is 134 Å². The third-order valence-electron chi connectivity index (χ3n) is 5.28. The van der Waals surface area contributed by atoms with Crippen LogP contribution in [0.1, 0.15) is 50.5 Å². The molecular weight excluding hydrogens is 272 g/mol. The van der Waals surface area contributed by atoms with Gasteiger partial charge < -0.3 is 10.2 Å². The molecule has 3 heteroatoms. The summed E-state index contributed by atoms with van der Waals surface area (Å²) in [4.78, 5) is 14.9. The second kappa shape index (κ2) is 7.28. The predicted molar refractivity (Wildman–Crippen MR) is 89.8 cm³/mol. The zero-order chi connectivity index (χ0) is 15.4. The molecule has 0 radical (unpaired) electrons. The fraction of sp³-hybridized carbons (Fsp3) is 0.632. The number of carbonyl (C=O) groups excluding carboxylic acids is 1. The average Bonchev–Trinajstić information content (AvgIpc) is 2.81. The number of amides is 1. The lowest BCUT2D eigenvalue weighted by Gasteiger charge is -2.31. The van der Waals surface area contributed by atoms with Crippen molar-refractivity contribution in [3.63, 3.8) is 0 Å². The minimum atomic E-state index is 0.240. The molecule has 22 heavy (non-hydrogen) atoms. The highest BCUT2D eigenvalue weighted by atomic mass is 16.2. The van der Waals surface area contributed by atoms with Crippen LogP contribution in [-0.2, 0) is 4.79 Å². The zero-order valence-electron chi connectivity index (χ0n) is 13.6. The highest BCUT2D eigenvalue weighted by Crippen LogP contribution is 2.29. The van der Waals surface area contributed by atoms with Gasteiger partial charge in [0.05, 0.1) is 0 Å². The van der Waals surface area contributed by atoms with Crippen LogP contribution in [-0.4, -0.2) is 36.5 Å². The number of piperidine rings is 1. The highest BCUT2D eigenvalue weighted by molar-refractivity contribution is 5.79. The van der Waals surface area contributed by atoms with E-state index in [0.717, 1.165) is 45.3 Å². The molecule has 0 spiro atoms. The van der Waals surface area contributed by atoms with E-state index < -0.39 is 0 Å². The first kappa shape index (κ1) is 15.5. The fourth-order valence-electron chi connectivity index (χ4n) is 3.99. The Bertz CT molecular complexity index is 487. The maximum Gasteiger partial charge on any atom is 0.225 e. The molecule has 0 aliphatic carbocycles. The Morgan fingerprint density at radius 3 is 2.73 bits per heavy atom. The number of nitrogens with zero attached hydrogens (tertiary/aromatic N) is 1. The number of carbonyl (C=O) groups is 1. The third-order valence-corrected chi connectivity index (χ3v) is 5.28. The molecule has 3 rings (SSSR count). The molecule has 120 valence electrons. The fourth-order valence-corrected chi connectivity index (χ4v) is 3.99. The normalized spacial score (nSPS) is 29.9. The van der Waals surface area contributed by atoms with E-state index >= 15 is 0 Å². The van der Waals surface area contributed by atoms with E-state index in [0.29, 0.717) is 17.9 Å². The van der Waals surface area contributed by atoms with Gasteiger partial charge in [-0.05, 0) is 57.1 Å². The number of likely N-dealkylation sites (tertiary alicyclic amines) is 1. The second-order valence-electron chi connectivity index (χ2n) is 6.94. The van der Waals surface area contributed by atoms with Gasteiger partial charge in [-0.3, -0.25) is 4.79 Å². The van der Waals surface area contributed by atoms with Gasteiger partial charge in [-0.15, -0.1) is 0 Å². The van der Waals surface area contributed by atoms with Crippen molar-refractivity contribution in [3.8, 4) is 0 Å². The summed E-state index contributed by atoms with van der Waals surface area (Å²) in [5, 5.41) is 3.44. The van der Waals surface area contributed by atoms with Crippen LogP contribution in [0.15, 0.2) is 30.3 Å². The van der Waals surface area contributed by atoms with Gasteiger partial charge in [0.2, 0.25) is 5.91 Å². The van der Waals surface area contributed by atoms with Crippen LogP contribution in [0.2, 0.25) is 0 Å². The topological polar surface area (TPSA) is 32.3 Å². The van der Waals surface area contributed by atoms with Crippen molar-refractivity contribution in [3.05, 3.63) is 35.9 Å². The molecule has 1 amide bonds. The number of hydrogen-bond donors (Lipinski definition) is 1. The molecule has 2 fully saturated rings. The summed E-state index contributed by atoms with van der Waals surface area (Å²) in [5.74, 6) is 1.26. The van der Waals surface area contributed by atoms with Crippen molar-refractivity contribution in [2.75, 3.05) is 19.6 Å². The van der Waals surface area contributed by atoms with Gasteiger partial charge in [0.15, 0.2) is 0 Å². The summed E-state index contributed by atoms with van der Waals surface area (Å²) in [7, 11) is 0. The summed E-state index contributed by atoms with van der Waals surface area (Å²) in [6.07, 6.45) is 5.44. The Hall–Kier alpha value is -1.35. The van der Waals surface area contributed by atoms with Crippen LogP contribution in [0.4, 0.5) is 0 Å². The van der Waals surface area contributed by atoms with Gasteiger partial charge in [-0.2, -0.15) is 0 Å². The Kier molecular flexibility index (Phi) is 5.14. The van der Waals surface area contributed by atoms with Crippen LogP contribution in [0, 0.1) is 5.92 Å². The van der Waals surface area contributed by atoms with Crippen molar-refractivity contribution in [1.82, 2.24) is 10.2 Å². The van der Waals surface area contributed by atoms with Crippen molar-refractivity contribution >= 4 is 5.91 Å². The van der Waals surface area contributed by atoms with E-state index in [4.69, 9.17) is 0 Å². The van der Waals surface area contributed by atoms with Gasteiger partial charge in [0.1, 0.15) is 0 Å². The first-order chi connectivity index (χ1) is 10.7. The minimum absolute atomic E-state index is 0.240. The minimum Gasteiger partial charge on any atom is -0.342 e. The van der Waals surface area contributed by atoms with E-state index in [2.05, 4.69) is 47.5 Å². The van der Waals surface area contributed by atoms with Crippen molar-refractivity contribution in [1.29, 1.82) is 0 Å². The zero-order valence-corrected chi connectivity index (χ0v) is 13.6. The first-order valence-electron chi connectivity index (χ1n) is 8.81. The van der Waals surface area contributed by atoms with Gasteiger partial charge in [-0.25, -0.2) is 0 Å². The molecule has 0 bridgehead atoms. The largest absolute Gasteiger partial charge is 0.342 e. The van der Waals surface area contributed by atoms with Gasteiger partial charge >= 0.3 is 0 Å². The molecule has 1 aromatic carbocycles. The monoisotopic (exact) mass is 300 g/mol. The molecule has 0 aromatic heterocycles. The number of hydrogen-bond acceptors (Lipinski definition) is 2. The molecule has 2 aliphatic rings. The molecular formula is C19H28N2O. The lowest BCUT2D eigenvalue weighted by molar-refractivity contribution is -0.136. The maximum atomic E-state index is 12.8. The molecule has 1 unspecified atom stereocenters. The van der Waals surface area contributed by atoms with E-state index in [1.807, 2.05) is 0 Å². The number of nitrogens with one attached hydrogen (secondary N) is 1. The summed E-state index contributed by atoms with van der Waals surface area (Å²) in [6.45, 7) is 5.04. The highest BCUT2D eigenvalue weighted by Gasteiger charge is 2.30. The smallest absolute Gasteiger partial charge is 0.225 e. The van der Waals surface area contributed by atoms with Crippen LogP contribution in [0.25, 0.3) is 0 Å². The van der Waals surface area contributed by atoms with E-state index in [-0.39, 0.29) is 5.92 Å². The second-order valence-corrected chi connectivity index (χ2v) is 6.94.